The molecule has 1 aliphatic rings. The predicted molar refractivity (Wildman–Crippen MR) is 32.5 cm³/mol. The lowest BCUT2D eigenvalue weighted by molar-refractivity contribution is 0.792. The summed E-state index contributed by atoms with van der Waals surface area (Å²) in [7, 11) is 0. The summed E-state index contributed by atoms with van der Waals surface area (Å²) in [6.45, 7) is 2.00. The van der Waals surface area contributed by atoms with E-state index in [9.17, 15) is 0 Å². The molecule has 0 aromatic heterocycles. The molecule has 1 aliphatic heterocycles. The average Bonchev–Trinajstić information content (AvgIpc) is 1.87. The quantitative estimate of drug-likeness (QED) is 0.482. The van der Waals surface area contributed by atoms with Gasteiger partial charge in [0.25, 0.3) is 0 Å². The zero-order chi connectivity index (χ0) is 5.28. The number of hydrogen-bond acceptors (Lipinski definition) is 3. The minimum absolute atomic E-state index is 0.0972. The van der Waals surface area contributed by atoms with E-state index in [0.29, 0.717) is 0 Å². The third-order valence-electron chi connectivity index (χ3n) is 0.761. The summed E-state index contributed by atoms with van der Waals surface area (Å²) >= 11 is 1.61. The molecule has 3 N–H and O–H groups in total. The molecule has 0 fully saturated rings. The van der Waals surface area contributed by atoms with Gasteiger partial charge in [0, 0.05) is 5.70 Å². The highest BCUT2D eigenvalue weighted by Gasteiger charge is 2.05. The van der Waals surface area contributed by atoms with E-state index < -0.39 is 0 Å². The Balaban J connectivity index is 2.42. The van der Waals surface area contributed by atoms with Crippen molar-refractivity contribution in [2.24, 2.45) is 5.73 Å². The fourth-order valence-electron chi connectivity index (χ4n) is 0.468. The third-order valence-corrected chi connectivity index (χ3v) is 1.66. The molecule has 1 rings (SSSR count). The van der Waals surface area contributed by atoms with Gasteiger partial charge < -0.3 is 11.1 Å². The monoisotopic (exact) mass is 116 g/mol. The highest BCUT2D eigenvalue weighted by Crippen LogP contribution is 2.14. The van der Waals surface area contributed by atoms with Crippen LogP contribution in [0.2, 0.25) is 0 Å². The first kappa shape index (κ1) is 5.00. The van der Waals surface area contributed by atoms with Gasteiger partial charge in [0.2, 0.25) is 0 Å². The van der Waals surface area contributed by atoms with Crippen LogP contribution in [0.15, 0.2) is 11.1 Å². The van der Waals surface area contributed by atoms with Crippen LogP contribution in [0.3, 0.4) is 0 Å². The van der Waals surface area contributed by atoms with E-state index >= 15 is 0 Å². The van der Waals surface area contributed by atoms with Crippen molar-refractivity contribution in [2.75, 3.05) is 0 Å². The number of rotatable bonds is 0. The summed E-state index contributed by atoms with van der Waals surface area (Å²) in [4.78, 5) is 0. The largest absolute Gasteiger partial charge is 0.364 e. The fraction of sp³-hybridized carbons (Fsp3) is 0.500. The normalized spacial score (nSPS) is 29.4. The molecule has 0 saturated heterocycles. The van der Waals surface area contributed by atoms with Crippen LogP contribution in [-0.4, -0.2) is 5.50 Å². The van der Waals surface area contributed by atoms with E-state index in [1.165, 1.54) is 0 Å². The molecule has 0 bridgehead atoms. The molecular weight excluding hydrogens is 108 g/mol. The van der Waals surface area contributed by atoms with Gasteiger partial charge in [-0.3, -0.25) is 0 Å². The van der Waals surface area contributed by atoms with Gasteiger partial charge in [-0.2, -0.15) is 0 Å². The summed E-state index contributed by atoms with van der Waals surface area (Å²) in [6.07, 6.45) is 0. The highest BCUT2D eigenvalue weighted by molar-refractivity contribution is 8.02. The van der Waals surface area contributed by atoms with Crippen molar-refractivity contribution in [3.63, 3.8) is 0 Å². The first-order valence-electron chi connectivity index (χ1n) is 2.13. The summed E-state index contributed by atoms with van der Waals surface area (Å²) in [6, 6.07) is 0. The Labute approximate surface area is 47.2 Å². The van der Waals surface area contributed by atoms with Crippen LogP contribution in [0.25, 0.3) is 0 Å². The number of hydrogen-bond donors (Lipinski definition) is 2. The van der Waals surface area contributed by atoms with E-state index in [1.807, 2.05) is 12.3 Å². The van der Waals surface area contributed by atoms with Crippen LogP contribution < -0.4 is 11.1 Å². The van der Waals surface area contributed by atoms with Crippen molar-refractivity contribution >= 4 is 11.8 Å². The Hall–Kier alpha value is -0.150. The van der Waals surface area contributed by atoms with Gasteiger partial charge in [0.15, 0.2) is 0 Å². The van der Waals surface area contributed by atoms with Crippen LogP contribution in [-0.2, 0) is 0 Å². The van der Waals surface area contributed by atoms with E-state index in [1.54, 1.807) is 11.8 Å². The lowest BCUT2D eigenvalue weighted by Gasteiger charge is -2.00. The van der Waals surface area contributed by atoms with E-state index in [2.05, 4.69) is 5.32 Å². The lowest BCUT2D eigenvalue weighted by atomic mass is 10.6. The molecule has 2 nitrogen and oxygen atoms in total. The topological polar surface area (TPSA) is 38.0 Å². The van der Waals surface area contributed by atoms with Crippen molar-refractivity contribution in [2.45, 2.75) is 12.4 Å². The summed E-state index contributed by atoms with van der Waals surface area (Å²) in [5.41, 5.74) is 6.69. The van der Waals surface area contributed by atoms with Gasteiger partial charge in [-0.1, -0.05) is 11.8 Å². The van der Waals surface area contributed by atoms with E-state index in [-0.39, 0.29) is 5.50 Å². The van der Waals surface area contributed by atoms with Gasteiger partial charge in [-0.05, 0) is 12.3 Å². The molecular formula is C4H8N2S. The molecule has 0 spiro atoms. The number of allylic oxidation sites excluding steroid dienone is 1. The fourth-order valence-corrected chi connectivity index (χ4v) is 1.14. The zero-order valence-electron chi connectivity index (χ0n) is 4.14. The molecule has 1 atom stereocenters. The molecule has 0 radical (unpaired) electrons. The predicted octanol–water partition coefficient (Wildman–Crippen LogP) is 0.426. The molecule has 40 valence electrons. The number of nitrogens with two attached hydrogens (primary N) is 1. The van der Waals surface area contributed by atoms with Crippen LogP contribution in [0.5, 0.6) is 0 Å². The minimum atomic E-state index is 0.0972. The van der Waals surface area contributed by atoms with Gasteiger partial charge >= 0.3 is 0 Å². The standard InChI is InChI=1S/C4H8N2S/c1-3-2-7-4(5)6-3/h2,4,6H,5H2,1H3. The molecule has 7 heavy (non-hydrogen) atoms. The summed E-state index contributed by atoms with van der Waals surface area (Å²) < 4.78 is 0. The maximum absolute atomic E-state index is 5.42. The van der Waals surface area contributed by atoms with Crippen LogP contribution >= 0.6 is 11.8 Å². The van der Waals surface area contributed by atoms with Crippen LogP contribution in [0, 0.1) is 0 Å². The second kappa shape index (κ2) is 1.76. The van der Waals surface area contributed by atoms with E-state index in [4.69, 9.17) is 5.73 Å². The third kappa shape index (κ3) is 1.11. The second-order valence-electron chi connectivity index (χ2n) is 1.50. The number of nitrogens with one attached hydrogen (secondary N) is 1. The van der Waals surface area contributed by atoms with Gasteiger partial charge in [-0.15, -0.1) is 0 Å². The summed E-state index contributed by atoms with van der Waals surface area (Å²) in [5, 5.41) is 5.04. The van der Waals surface area contributed by atoms with E-state index in [0.717, 1.165) is 5.70 Å². The number of thioether (sulfide) groups is 1. The Morgan fingerprint density at radius 3 is 2.86 bits per heavy atom. The molecule has 1 heterocycles. The maximum atomic E-state index is 5.42. The van der Waals surface area contributed by atoms with Crippen LogP contribution in [0.4, 0.5) is 0 Å². The molecule has 0 saturated carbocycles. The molecule has 1 unspecified atom stereocenters. The highest BCUT2D eigenvalue weighted by atomic mass is 32.2. The van der Waals surface area contributed by atoms with Gasteiger partial charge in [-0.25, -0.2) is 0 Å². The Kier molecular flexibility index (Phi) is 1.25. The second-order valence-corrected chi connectivity index (χ2v) is 2.52. The van der Waals surface area contributed by atoms with Gasteiger partial charge in [0.05, 0.1) is 0 Å². The average molecular weight is 116 g/mol. The first-order valence-corrected chi connectivity index (χ1v) is 3.07. The van der Waals surface area contributed by atoms with Gasteiger partial charge in [0.1, 0.15) is 5.50 Å². The molecule has 0 aromatic rings. The lowest BCUT2D eigenvalue weighted by Crippen LogP contribution is -2.28. The maximum Gasteiger partial charge on any atom is 0.127 e. The van der Waals surface area contributed by atoms with Crippen molar-refractivity contribution in [1.82, 2.24) is 5.32 Å². The molecule has 0 aliphatic carbocycles. The van der Waals surface area contributed by atoms with Crippen molar-refractivity contribution in [1.29, 1.82) is 0 Å². The van der Waals surface area contributed by atoms with Crippen molar-refractivity contribution in [3.8, 4) is 0 Å². The Bertz CT molecular complexity index is 99.9. The SMILES string of the molecule is CC1=CSC(N)N1. The molecule has 0 amide bonds. The summed E-state index contributed by atoms with van der Waals surface area (Å²) in [5.74, 6) is 0. The van der Waals surface area contributed by atoms with Crippen molar-refractivity contribution < 1.29 is 0 Å². The molecule has 0 aromatic carbocycles. The molecule has 3 heteroatoms. The zero-order valence-corrected chi connectivity index (χ0v) is 4.96. The van der Waals surface area contributed by atoms with Crippen LogP contribution in [0.1, 0.15) is 6.92 Å². The minimum Gasteiger partial charge on any atom is -0.364 e. The smallest absolute Gasteiger partial charge is 0.127 e. The van der Waals surface area contributed by atoms with Crippen molar-refractivity contribution in [3.05, 3.63) is 11.1 Å². The Morgan fingerprint density at radius 1 is 2.00 bits per heavy atom. The Morgan fingerprint density at radius 2 is 2.71 bits per heavy atom. The first-order chi connectivity index (χ1) is 3.29.